The fourth-order valence-electron chi connectivity index (χ4n) is 3.31. The van der Waals surface area contributed by atoms with E-state index in [2.05, 4.69) is 17.6 Å². The van der Waals surface area contributed by atoms with Crippen LogP contribution in [0.1, 0.15) is 34.1 Å². The molecule has 28 heavy (non-hydrogen) atoms. The molecule has 2 heterocycles. The van der Waals surface area contributed by atoms with Crippen molar-refractivity contribution < 1.29 is 9.90 Å². The number of carbonyl (C=O) groups is 1. The van der Waals surface area contributed by atoms with Gasteiger partial charge in [-0.25, -0.2) is 0 Å². The fourth-order valence-corrected chi connectivity index (χ4v) is 3.31. The fraction of sp³-hybridized carbons (Fsp3) is 0.458. The quantitative estimate of drug-likeness (QED) is 0.752. The van der Waals surface area contributed by atoms with Gasteiger partial charge in [-0.2, -0.15) is 0 Å². The van der Waals surface area contributed by atoms with Crippen LogP contribution in [0.2, 0.25) is 0 Å². The van der Waals surface area contributed by atoms with Crippen molar-refractivity contribution in [3.8, 4) is 0 Å². The number of carbonyl (C=O) groups excluding carboxylic acids is 1. The topological polar surface area (TPSA) is 43.8 Å². The minimum Gasteiger partial charge on any atom is -0.390 e. The number of nitrogens with zero attached hydrogens (tertiary/aromatic N) is 2. The highest BCUT2D eigenvalue weighted by Gasteiger charge is 2.29. The highest BCUT2D eigenvalue weighted by atomic mass is 16.3. The average Bonchev–Trinajstić information content (AvgIpc) is 3.00. The van der Waals surface area contributed by atoms with E-state index in [4.69, 9.17) is 0 Å². The SMILES string of the molecule is C=C1/C=C\C=C/CCN(CC(O)CN2CC(/C=C\C)=C(/C=C\C)C2=O)C1.CC. The summed E-state index contributed by atoms with van der Waals surface area (Å²) in [5, 5.41) is 10.6. The van der Waals surface area contributed by atoms with Crippen LogP contribution in [0.5, 0.6) is 0 Å². The summed E-state index contributed by atoms with van der Waals surface area (Å²) in [4.78, 5) is 16.6. The van der Waals surface area contributed by atoms with Crippen molar-refractivity contribution in [2.45, 2.75) is 40.2 Å². The third kappa shape index (κ3) is 7.45. The van der Waals surface area contributed by atoms with Crippen molar-refractivity contribution in [1.82, 2.24) is 9.80 Å². The van der Waals surface area contributed by atoms with Gasteiger partial charge in [0.25, 0.3) is 5.91 Å². The molecule has 2 aliphatic heterocycles. The van der Waals surface area contributed by atoms with E-state index >= 15 is 0 Å². The number of hydrogen-bond donors (Lipinski definition) is 1. The molecular weight excluding hydrogens is 348 g/mol. The van der Waals surface area contributed by atoms with Crippen LogP contribution in [0.4, 0.5) is 0 Å². The number of allylic oxidation sites excluding steroid dienone is 4. The second-order valence-corrected chi connectivity index (χ2v) is 6.75. The molecule has 0 aromatic rings. The van der Waals surface area contributed by atoms with Crippen molar-refractivity contribution in [3.63, 3.8) is 0 Å². The van der Waals surface area contributed by atoms with Crippen LogP contribution in [-0.4, -0.2) is 59.6 Å². The first-order valence-corrected chi connectivity index (χ1v) is 10.2. The van der Waals surface area contributed by atoms with E-state index in [1.807, 2.05) is 70.2 Å². The molecule has 0 saturated carbocycles. The van der Waals surface area contributed by atoms with E-state index in [1.165, 1.54) is 0 Å². The zero-order valence-corrected chi connectivity index (χ0v) is 17.9. The maximum atomic E-state index is 12.6. The molecule has 4 heteroatoms. The summed E-state index contributed by atoms with van der Waals surface area (Å²) < 4.78 is 0. The van der Waals surface area contributed by atoms with Crippen LogP contribution < -0.4 is 0 Å². The van der Waals surface area contributed by atoms with E-state index in [-0.39, 0.29) is 5.91 Å². The third-order valence-corrected chi connectivity index (χ3v) is 4.44. The van der Waals surface area contributed by atoms with E-state index in [0.717, 1.165) is 36.2 Å². The number of amides is 1. The molecule has 154 valence electrons. The predicted molar refractivity (Wildman–Crippen MR) is 119 cm³/mol. The lowest BCUT2D eigenvalue weighted by Gasteiger charge is -2.27. The first-order valence-electron chi connectivity index (χ1n) is 10.2. The smallest absolute Gasteiger partial charge is 0.254 e. The Kier molecular flexibility index (Phi) is 11.2. The maximum absolute atomic E-state index is 12.6. The Bertz CT molecular complexity index is 668. The monoisotopic (exact) mass is 384 g/mol. The standard InChI is InChI=1S/C22H30N2O2.C2H6/c1-4-10-19-15-24(22(26)21(19)11-5-2)17-20(25)16-23-13-9-7-6-8-12-18(3)14-23;1-2/h4-8,10-12,20,25H,3,9,13-17H2,1-2H3;1-2H3/b7-6-,10-4-,11-5-,12-8-;. The molecule has 0 aliphatic carbocycles. The molecule has 0 saturated heterocycles. The zero-order valence-electron chi connectivity index (χ0n) is 17.9. The summed E-state index contributed by atoms with van der Waals surface area (Å²) in [6, 6.07) is 0. The van der Waals surface area contributed by atoms with Crippen LogP contribution in [-0.2, 0) is 4.79 Å². The van der Waals surface area contributed by atoms with E-state index < -0.39 is 6.10 Å². The average molecular weight is 385 g/mol. The van der Waals surface area contributed by atoms with Gasteiger partial charge in [-0.1, -0.05) is 69.0 Å². The highest BCUT2D eigenvalue weighted by Crippen LogP contribution is 2.22. The van der Waals surface area contributed by atoms with Crippen LogP contribution in [0.3, 0.4) is 0 Å². The second-order valence-electron chi connectivity index (χ2n) is 6.75. The van der Waals surface area contributed by atoms with Gasteiger partial charge in [0.1, 0.15) is 0 Å². The van der Waals surface area contributed by atoms with Crippen molar-refractivity contribution >= 4 is 5.91 Å². The lowest BCUT2D eigenvalue weighted by atomic mass is 10.1. The van der Waals surface area contributed by atoms with Crippen molar-refractivity contribution in [2.24, 2.45) is 0 Å². The number of rotatable bonds is 6. The predicted octanol–water partition coefficient (Wildman–Crippen LogP) is 4.04. The third-order valence-electron chi connectivity index (χ3n) is 4.44. The van der Waals surface area contributed by atoms with Gasteiger partial charge in [0, 0.05) is 38.3 Å². The molecule has 0 bridgehead atoms. The molecule has 0 fully saturated rings. The Hall–Kier alpha value is -2.17. The van der Waals surface area contributed by atoms with Gasteiger partial charge in [-0.15, -0.1) is 0 Å². The van der Waals surface area contributed by atoms with Crippen LogP contribution in [0, 0.1) is 0 Å². The van der Waals surface area contributed by atoms with Gasteiger partial charge >= 0.3 is 0 Å². The lowest BCUT2D eigenvalue weighted by molar-refractivity contribution is -0.126. The highest BCUT2D eigenvalue weighted by molar-refractivity contribution is 6.00. The van der Waals surface area contributed by atoms with Gasteiger partial charge in [-0.05, 0) is 31.4 Å². The molecule has 1 atom stereocenters. The molecule has 2 aliphatic rings. The van der Waals surface area contributed by atoms with Gasteiger partial charge in [-0.3, -0.25) is 9.69 Å². The molecule has 1 amide bonds. The Balaban J connectivity index is 0.00000190. The van der Waals surface area contributed by atoms with E-state index in [1.54, 1.807) is 4.90 Å². The lowest BCUT2D eigenvalue weighted by Crippen LogP contribution is -2.42. The van der Waals surface area contributed by atoms with E-state index in [0.29, 0.717) is 19.6 Å². The molecule has 0 spiro atoms. The van der Waals surface area contributed by atoms with Gasteiger partial charge in [0.2, 0.25) is 0 Å². The van der Waals surface area contributed by atoms with Crippen LogP contribution >= 0.6 is 0 Å². The minimum atomic E-state index is -0.586. The van der Waals surface area contributed by atoms with Gasteiger partial charge in [0.15, 0.2) is 0 Å². The second kappa shape index (κ2) is 13.1. The van der Waals surface area contributed by atoms with Crippen LogP contribution in [0.25, 0.3) is 0 Å². The Morgan fingerprint density at radius 1 is 1.14 bits per heavy atom. The van der Waals surface area contributed by atoms with Crippen molar-refractivity contribution in [2.75, 3.05) is 32.7 Å². The van der Waals surface area contributed by atoms with E-state index in [9.17, 15) is 9.90 Å². The number of β-amino-alcohol motifs (C(OH)–C–C–N with tert-alkyl or cyclic N) is 1. The summed E-state index contributed by atoms with van der Waals surface area (Å²) in [5.74, 6) is -0.00464. The number of aliphatic hydroxyl groups excluding tert-OH is 1. The van der Waals surface area contributed by atoms with Crippen molar-refractivity contribution in [3.05, 3.63) is 71.9 Å². The molecule has 0 aromatic carbocycles. The van der Waals surface area contributed by atoms with Gasteiger partial charge < -0.3 is 10.0 Å². The Morgan fingerprint density at radius 2 is 1.86 bits per heavy atom. The summed E-state index contributed by atoms with van der Waals surface area (Å²) >= 11 is 0. The maximum Gasteiger partial charge on any atom is 0.254 e. The van der Waals surface area contributed by atoms with Crippen LogP contribution in [0.15, 0.2) is 71.9 Å². The summed E-state index contributed by atoms with van der Waals surface area (Å²) in [5.41, 5.74) is 2.76. The molecule has 1 N–H and O–H groups in total. The Labute approximate surface area is 170 Å². The molecule has 4 nitrogen and oxygen atoms in total. The number of aliphatic hydroxyl groups is 1. The Morgan fingerprint density at radius 3 is 2.54 bits per heavy atom. The van der Waals surface area contributed by atoms with Gasteiger partial charge in [0.05, 0.1) is 6.10 Å². The number of hydrogen-bond acceptors (Lipinski definition) is 3. The molecule has 2 rings (SSSR count). The molecule has 1 unspecified atom stereocenters. The summed E-state index contributed by atoms with van der Waals surface area (Å²) in [6.45, 7) is 14.9. The summed E-state index contributed by atoms with van der Waals surface area (Å²) in [7, 11) is 0. The normalized spacial score (nSPS) is 22.1. The molecule has 0 radical (unpaired) electrons. The van der Waals surface area contributed by atoms with Crippen molar-refractivity contribution in [1.29, 1.82) is 0 Å². The summed E-state index contributed by atoms with van der Waals surface area (Å²) in [6.07, 6.45) is 16.2. The largest absolute Gasteiger partial charge is 0.390 e. The first kappa shape index (κ1) is 23.9. The zero-order chi connectivity index (χ0) is 20.9. The molecule has 0 aromatic heterocycles. The minimum absolute atomic E-state index is 0.00464. The molecular formula is C24H36N2O2. The first-order chi connectivity index (χ1) is 13.5.